The predicted molar refractivity (Wildman–Crippen MR) is 73.1 cm³/mol. The molecule has 0 saturated heterocycles. The van der Waals surface area contributed by atoms with E-state index >= 15 is 0 Å². The largest absolute Gasteiger partial charge is 0.322 e. The summed E-state index contributed by atoms with van der Waals surface area (Å²) in [5.41, 5.74) is 3.31. The number of pyridine rings is 1. The van der Waals surface area contributed by atoms with Crippen molar-refractivity contribution < 1.29 is 4.79 Å². The molecule has 1 aromatic heterocycles. The van der Waals surface area contributed by atoms with Crippen LogP contribution in [0, 0.1) is 13.8 Å². The van der Waals surface area contributed by atoms with Crippen LogP contribution in [0.15, 0.2) is 36.5 Å². The lowest BCUT2D eigenvalue weighted by atomic mass is 10.1. The summed E-state index contributed by atoms with van der Waals surface area (Å²) in [5, 5.41) is 3.16. The van der Waals surface area contributed by atoms with Crippen molar-refractivity contribution in [2.24, 2.45) is 0 Å². The van der Waals surface area contributed by atoms with Crippen LogP contribution in [0.1, 0.15) is 21.5 Å². The molecule has 0 unspecified atom stereocenters. The number of benzene rings is 1. The van der Waals surface area contributed by atoms with Crippen molar-refractivity contribution in [2.45, 2.75) is 13.8 Å². The van der Waals surface area contributed by atoms with E-state index in [1.54, 1.807) is 18.3 Å². The van der Waals surface area contributed by atoms with Gasteiger partial charge >= 0.3 is 0 Å². The first-order valence-corrected chi connectivity index (χ1v) is 5.94. The molecule has 0 aliphatic rings. The van der Waals surface area contributed by atoms with Gasteiger partial charge < -0.3 is 5.32 Å². The van der Waals surface area contributed by atoms with Crippen molar-refractivity contribution in [3.05, 3.63) is 58.4 Å². The Balaban J connectivity index is 2.24. The Bertz CT molecular complexity index is 596. The normalized spacial score (nSPS) is 10.2. The third kappa shape index (κ3) is 2.87. The van der Waals surface area contributed by atoms with E-state index in [9.17, 15) is 4.79 Å². The Kier molecular flexibility index (Phi) is 3.63. The van der Waals surface area contributed by atoms with Crippen LogP contribution in [0.5, 0.6) is 0 Å². The Morgan fingerprint density at radius 3 is 2.72 bits per heavy atom. The van der Waals surface area contributed by atoms with Crippen molar-refractivity contribution in [3.63, 3.8) is 0 Å². The van der Waals surface area contributed by atoms with Crippen LogP contribution in [-0.2, 0) is 0 Å². The number of carbonyl (C=O) groups excluding carboxylic acids is 1. The molecule has 0 aliphatic heterocycles. The number of nitrogens with zero attached hydrogens (tertiary/aromatic N) is 1. The molecular formula is C14H13ClN2O. The van der Waals surface area contributed by atoms with Crippen LogP contribution < -0.4 is 5.32 Å². The summed E-state index contributed by atoms with van der Waals surface area (Å²) >= 11 is 5.77. The zero-order valence-electron chi connectivity index (χ0n) is 10.2. The van der Waals surface area contributed by atoms with Gasteiger partial charge in [-0.1, -0.05) is 29.3 Å². The molecule has 0 bridgehead atoms. The second-order valence-corrected chi connectivity index (χ2v) is 4.53. The van der Waals surface area contributed by atoms with Gasteiger partial charge in [-0.25, -0.2) is 4.98 Å². The van der Waals surface area contributed by atoms with Crippen molar-refractivity contribution in [2.75, 3.05) is 5.32 Å². The van der Waals surface area contributed by atoms with Crippen LogP contribution in [-0.4, -0.2) is 10.9 Å². The van der Waals surface area contributed by atoms with Gasteiger partial charge in [-0.2, -0.15) is 0 Å². The summed E-state index contributed by atoms with van der Waals surface area (Å²) in [6, 6.07) is 9.10. The molecule has 0 fully saturated rings. The van der Waals surface area contributed by atoms with E-state index in [1.165, 1.54) is 0 Å². The van der Waals surface area contributed by atoms with Crippen LogP contribution in [0.2, 0.25) is 5.15 Å². The molecule has 4 heteroatoms. The first-order chi connectivity index (χ1) is 8.56. The average Bonchev–Trinajstić information content (AvgIpc) is 2.32. The Hall–Kier alpha value is -1.87. The third-order valence-electron chi connectivity index (χ3n) is 2.62. The first kappa shape index (κ1) is 12.6. The molecule has 3 nitrogen and oxygen atoms in total. The van der Waals surface area contributed by atoms with Gasteiger partial charge in [0.1, 0.15) is 5.15 Å². The van der Waals surface area contributed by atoms with Crippen LogP contribution in [0.4, 0.5) is 5.69 Å². The number of nitrogens with one attached hydrogen (secondary N) is 1. The summed E-state index contributed by atoms with van der Waals surface area (Å²) in [6.07, 6.45) is 1.56. The Morgan fingerprint density at radius 2 is 2.00 bits per heavy atom. The highest BCUT2D eigenvalue weighted by Crippen LogP contribution is 2.16. The lowest BCUT2D eigenvalue weighted by Gasteiger charge is -2.08. The molecule has 1 amide bonds. The zero-order chi connectivity index (χ0) is 13.1. The fourth-order valence-electron chi connectivity index (χ4n) is 1.66. The highest BCUT2D eigenvalue weighted by molar-refractivity contribution is 6.29. The van der Waals surface area contributed by atoms with Crippen molar-refractivity contribution >= 4 is 23.2 Å². The molecule has 1 aromatic carbocycles. The molecule has 0 spiro atoms. The van der Waals surface area contributed by atoms with Gasteiger partial charge in [0.05, 0.1) is 0 Å². The van der Waals surface area contributed by atoms with E-state index in [0.717, 1.165) is 11.1 Å². The van der Waals surface area contributed by atoms with Crippen LogP contribution >= 0.6 is 11.6 Å². The van der Waals surface area contributed by atoms with E-state index in [1.807, 2.05) is 32.0 Å². The number of carbonyl (C=O) groups is 1. The van der Waals surface area contributed by atoms with Gasteiger partial charge in [0.2, 0.25) is 0 Å². The van der Waals surface area contributed by atoms with E-state index in [4.69, 9.17) is 11.6 Å². The number of halogens is 1. The standard InChI is InChI=1S/C14H13ClN2O/c1-9-3-4-10(2)12(7-9)14(18)17-11-5-6-16-13(15)8-11/h3-8H,1-2H3,(H,16,17,18). The second-order valence-electron chi connectivity index (χ2n) is 4.14. The van der Waals surface area contributed by atoms with Crippen molar-refractivity contribution in [1.29, 1.82) is 0 Å². The number of anilines is 1. The SMILES string of the molecule is Cc1ccc(C)c(C(=O)Nc2ccnc(Cl)c2)c1. The fourth-order valence-corrected chi connectivity index (χ4v) is 1.83. The molecule has 92 valence electrons. The zero-order valence-corrected chi connectivity index (χ0v) is 11.0. The average molecular weight is 261 g/mol. The number of aromatic nitrogens is 1. The highest BCUT2D eigenvalue weighted by Gasteiger charge is 2.09. The maximum atomic E-state index is 12.1. The van der Waals surface area contributed by atoms with Gasteiger partial charge in [0.25, 0.3) is 5.91 Å². The predicted octanol–water partition coefficient (Wildman–Crippen LogP) is 3.60. The van der Waals surface area contributed by atoms with Crippen molar-refractivity contribution in [1.82, 2.24) is 4.98 Å². The highest BCUT2D eigenvalue weighted by atomic mass is 35.5. The molecule has 2 rings (SSSR count). The quantitative estimate of drug-likeness (QED) is 0.839. The monoisotopic (exact) mass is 260 g/mol. The minimum atomic E-state index is -0.140. The number of hydrogen-bond acceptors (Lipinski definition) is 2. The number of aryl methyl sites for hydroxylation is 2. The van der Waals surface area contributed by atoms with Gasteiger partial charge in [-0.05, 0) is 37.6 Å². The maximum Gasteiger partial charge on any atom is 0.255 e. The summed E-state index contributed by atoms with van der Waals surface area (Å²) < 4.78 is 0. The Morgan fingerprint density at radius 1 is 1.22 bits per heavy atom. The van der Waals surface area contributed by atoms with E-state index in [2.05, 4.69) is 10.3 Å². The van der Waals surface area contributed by atoms with Crippen molar-refractivity contribution in [3.8, 4) is 0 Å². The smallest absolute Gasteiger partial charge is 0.255 e. The minimum Gasteiger partial charge on any atom is -0.322 e. The minimum absolute atomic E-state index is 0.140. The summed E-state index contributed by atoms with van der Waals surface area (Å²) in [6.45, 7) is 3.87. The van der Waals surface area contributed by atoms with Gasteiger partial charge in [-0.3, -0.25) is 4.79 Å². The molecule has 1 heterocycles. The molecule has 0 aliphatic carbocycles. The van der Waals surface area contributed by atoms with E-state index in [-0.39, 0.29) is 5.91 Å². The van der Waals surface area contributed by atoms with Crippen LogP contribution in [0.3, 0.4) is 0 Å². The maximum absolute atomic E-state index is 12.1. The number of hydrogen-bond donors (Lipinski definition) is 1. The van der Waals surface area contributed by atoms with Gasteiger partial charge in [0.15, 0.2) is 0 Å². The third-order valence-corrected chi connectivity index (χ3v) is 2.83. The lowest BCUT2D eigenvalue weighted by molar-refractivity contribution is 0.102. The molecular weight excluding hydrogens is 248 g/mol. The Labute approximate surface area is 111 Å². The number of amides is 1. The van der Waals surface area contributed by atoms with Gasteiger partial charge in [0, 0.05) is 17.4 Å². The summed E-state index contributed by atoms with van der Waals surface area (Å²) in [4.78, 5) is 16.0. The lowest BCUT2D eigenvalue weighted by Crippen LogP contribution is -2.13. The van der Waals surface area contributed by atoms with E-state index < -0.39 is 0 Å². The molecule has 0 atom stereocenters. The summed E-state index contributed by atoms with van der Waals surface area (Å²) in [7, 11) is 0. The molecule has 2 aromatic rings. The molecule has 1 N–H and O–H groups in total. The summed E-state index contributed by atoms with van der Waals surface area (Å²) in [5.74, 6) is -0.140. The topological polar surface area (TPSA) is 42.0 Å². The molecule has 18 heavy (non-hydrogen) atoms. The van der Waals surface area contributed by atoms with Crippen LogP contribution in [0.25, 0.3) is 0 Å². The second kappa shape index (κ2) is 5.19. The van der Waals surface area contributed by atoms with E-state index in [0.29, 0.717) is 16.4 Å². The molecule has 0 saturated carbocycles. The molecule has 0 radical (unpaired) electrons. The number of rotatable bonds is 2. The first-order valence-electron chi connectivity index (χ1n) is 5.56. The van der Waals surface area contributed by atoms with Gasteiger partial charge in [-0.15, -0.1) is 0 Å². The fraction of sp³-hybridized carbons (Fsp3) is 0.143.